The number of amides is 2. The average Bonchev–Trinajstić information content (AvgIpc) is 2.49. The molecule has 0 aliphatic carbocycles. The summed E-state index contributed by atoms with van der Waals surface area (Å²) in [5.74, 6) is 0.180. The predicted octanol–water partition coefficient (Wildman–Crippen LogP) is 2.62. The van der Waals surface area contributed by atoms with E-state index in [1.165, 1.54) is 0 Å². The van der Waals surface area contributed by atoms with Gasteiger partial charge < -0.3 is 10.6 Å². The van der Waals surface area contributed by atoms with Gasteiger partial charge in [-0.1, -0.05) is 12.1 Å². The third-order valence-electron chi connectivity index (χ3n) is 3.90. The first kappa shape index (κ1) is 17.9. The SMILES string of the molecule is CC(C)NC(=O)C1CCN(CC(=O)Nc2ccccc2Br)CC1. The Morgan fingerprint density at radius 2 is 1.91 bits per heavy atom. The molecule has 1 heterocycles. The third-order valence-corrected chi connectivity index (χ3v) is 4.60. The number of anilines is 1. The number of carbonyl (C=O) groups excluding carboxylic acids is 2. The van der Waals surface area contributed by atoms with Crippen LogP contribution in [0.5, 0.6) is 0 Å². The number of piperidine rings is 1. The molecule has 1 aliphatic rings. The van der Waals surface area contributed by atoms with Crippen molar-refractivity contribution in [2.45, 2.75) is 32.7 Å². The molecule has 0 aromatic heterocycles. The largest absolute Gasteiger partial charge is 0.354 e. The van der Waals surface area contributed by atoms with Gasteiger partial charge in [0.05, 0.1) is 12.2 Å². The lowest BCUT2D eigenvalue weighted by molar-refractivity contribution is -0.127. The minimum absolute atomic E-state index is 0.0259. The zero-order chi connectivity index (χ0) is 16.8. The van der Waals surface area contributed by atoms with Gasteiger partial charge in [0.15, 0.2) is 0 Å². The highest BCUT2D eigenvalue weighted by Gasteiger charge is 2.26. The number of halogens is 1. The van der Waals surface area contributed by atoms with Gasteiger partial charge in [-0.3, -0.25) is 14.5 Å². The fourth-order valence-electron chi connectivity index (χ4n) is 2.71. The van der Waals surface area contributed by atoms with Crippen LogP contribution in [0.4, 0.5) is 5.69 Å². The van der Waals surface area contributed by atoms with Gasteiger partial charge in [-0.2, -0.15) is 0 Å². The summed E-state index contributed by atoms with van der Waals surface area (Å²) in [6.45, 7) is 5.86. The van der Waals surface area contributed by atoms with Crippen LogP contribution in [0.3, 0.4) is 0 Å². The molecule has 6 heteroatoms. The van der Waals surface area contributed by atoms with E-state index in [9.17, 15) is 9.59 Å². The van der Waals surface area contributed by atoms with Crippen molar-refractivity contribution in [3.8, 4) is 0 Å². The van der Waals surface area contributed by atoms with Gasteiger partial charge in [-0.15, -0.1) is 0 Å². The molecule has 2 amide bonds. The molecule has 0 bridgehead atoms. The number of nitrogens with one attached hydrogen (secondary N) is 2. The smallest absolute Gasteiger partial charge is 0.238 e. The van der Waals surface area contributed by atoms with E-state index in [4.69, 9.17) is 0 Å². The van der Waals surface area contributed by atoms with Crippen LogP contribution in [0.25, 0.3) is 0 Å². The molecule has 0 radical (unpaired) electrons. The Kier molecular flexibility index (Phi) is 6.59. The molecule has 2 N–H and O–H groups in total. The van der Waals surface area contributed by atoms with Crippen LogP contribution in [0.15, 0.2) is 28.7 Å². The highest BCUT2D eigenvalue weighted by atomic mass is 79.9. The average molecular weight is 382 g/mol. The van der Waals surface area contributed by atoms with Crippen LogP contribution in [0, 0.1) is 5.92 Å². The maximum atomic E-state index is 12.1. The van der Waals surface area contributed by atoms with Crippen LogP contribution in [0.2, 0.25) is 0 Å². The first-order chi connectivity index (χ1) is 11.0. The predicted molar refractivity (Wildman–Crippen MR) is 95.2 cm³/mol. The highest BCUT2D eigenvalue weighted by molar-refractivity contribution is 9.10. The summed E-state index contributed by atoms with van der Waals surface area (Å²) in [6, 6.07) is 7.74. The first-order valence-electron chi connectivity index (χ1n) is 8.03. The van der Waals surface area contributed by atoms with Crippen molar-refractivity contribution in [2.75, 3.05) is 25.0 Å². The summed E-state index contributed by atoms with van der Waals surface area (Å²) >= 11 is 3.42. The van der Waals surface area contributed by atoms with E-state index in [1.807, 2.05) is 38.1 Å². The second-order valence-electron chi connectivity index (χ2n) is 6.24. The van der Waals surface area contributed by atoms with E-state index in [2.05, 4.69) is 31.5 Å². The molecular weight excluding hydrogens is 358 g/mol. The fourth-order valence-corrected chi connectivity index (χ4v) is 3.09. The summed E-state index contributed by atoms with van der Waals surface area (Å²) in [5.41, 5.74) is 0.781. The zero-order valence-electron chi connectivity index (χ0n) is 13.6. The summed E-state index contributed by atoms with van der Waals surface area (Å²) in [5, 5.41) is 5.88. The lowest BCUT2D eigenvalue weighted by atomic mass is 9.95. The fraction of sp³-hybridized carbons (Fsp3) is 0.529. The van der Waals surface area contributed by atoms with Crippen molar-refractivity contribution in [3.63, 3.8) is 0 Å². The van der Waals surface area contributed by atoms with Gasteiger partial charge in [0.25, 0.3) is 0 Å². The van der Waals surface area contributed by atoms with Crippen molar-refractivity contribution in [2.24, 2.45) is 5.92 Å². The van der Waals surface area contributed by atoms with Crippen LogP contribution in [0.1, 0.15) is 26.7 Å². The minimum Gasteiger partial charge on any atom is -0.354 e. The number of benzene rings is 1. The van der Waals surface area contributed by atoms with Gasteiger partial charge in [-0.05, 0) is 67.8 Å². The van der Waals surface area contributed by atoms with E-state index < -0.39 is 0 Å². The molecule has 2 rings (SSSR count). The Balaban J connectivity index is 1.77. The maximum Gasteiger partial charge on any atom is 0.238 e. The number of carbonyl (C=O) groups is 2. The Bertz CT molecular complexity index is 555. The number of hydrogen-bond donors (Lipinski definition) is 2. The van der Waals surface area contributed by atoms with Crippen molar-refractivity contribution >= 4 is 33.4 Å². The lowest BCUT2D eigenvalue weighted by Crippen LogP contribution is -2.44. The number of para-hydroxylation sites is 1. The van der Waals surface area contributed by atoms with E-state index in [0.717, 1.165) is 36.1 Å². The number of rotatable bonds is 5. The Hall–Kier alpha value is -1.40. The molecule has 23 heavy (non-hydrogen) atoms. The number of hydrogen-bond acceptors (Lipinski definition) is 3. The van der Waals surface area contributed by atoms with Gasteiger partial charge in [-0.25, -0.2) is 0 Å². The van der Waals surface area contributed by atoms with Gasteiger partial charge >= 0.3 is 0 Å². The topological polar surface area (TPSA) is 61.4 Å². The number of nitrogens with zero attached hydrogens (tertiary/aromatic N) is 1. The Labute approximate surface area is 145 Å². The zero-order valence-corrected chi connectivity index (χ0v) is 15.2. The molecule has 0 spiro atoms. The molecular formula is C17H24BrN3O2. The Morgan fingerprint density at radius 1 is 1.26 bits per heavy atom. The highest BCUT2D eigenvalue weighted by Crippen LogP contribution is 2.21. The van der Waals surface area contributed by atoms with Gasteiger partial charge in [0.1, 0.15) is 0 Å². The van der Waals surface area contributed by atoms with Crippen molar-refractivity contribution in [1.29, 1.82) is 0 Å². The molecule has 126 valence electrons. The standard InChI is InChI=1S/C17H24BrN3O2/c1-12(2)19-17(23)13-7-9-21(10-8-13)11-16(22)20-15-6-4-3-5-14(15)18/h3-6,12-13H,7-11H2,1-2H3,(H,19,23)(H,20,22). The van der Waals surface area contributed by atoms with Crippen molar-refractivity contribution in [3.05, 3.63) is 28.7 Å². The van der Waals surface area contributed by atoms with E-state index >= 15 is 0 Å². The first-order valence-corrected chi connectivity index (χ1v) is 8.82. The van der Waals surface area contributed by atoms with Crippen molar-refractivity contribution in [1.82, 2.24) is 10.2 Å². The van der Waals surface area contributed by atoms with E-state index in [0.29, 0.717) is 6.54 Å². The molecule has 1 saturated heterocycles. The minimum atomic E-state index is -0.0259. The van der Waals surface area contributed by atoms with E-state index in [-0.39, 0.29) is 23.8 Å². The van der Waals surface area contributed by atoms with Crippen LogP contribution < -0.4 is 10.6 Å². The molecule has 1 fully saturated rings. The monoisotopic (exact) mass is 381 g/mol. The van der Waals surface area contributed by atoms with E-state index in [1.54, 1.807) is 0 Å². The third kappa shape index (κ3) is 5.62. The summed E-state index contributed by atoms with van der Waals surface area (Å²) in [4.78, 5) is 26.2. The molecule has 0 atom stereocenters. The second kappa shape index (κ2) is 8.45. The quantitative estimate of drug-likeness (QED) is 0.823. The molecule has 5 nitrogen and oxygen atoms in total. The normalized spacial score (nSPS) is 16.3. The van der Waals surface area contributed by atoms with Gasteiger partial charge in [0.2, 0.25) is 11.8 Å². The second-order valence-corrected chi connectivity index (χ2v) is 7.10. The number of likely N-dealkylation sites (tertiary alicyclic amines) is 1. The van der Waals surface area contributed by atoms with Crippen LogP contribution in [-0.4, -0.2) is 42.4 Å². The van der Waals surface area contributed by atoms with Crippen molar-refractivity contribution < 1.29 is 9.59 Å². The maximum absolute atomic E-state index is 12.1. The molecule has 0 saturated carbocycles. The molecule has 1 aromatic rings. The summed E-state index contributed by atoms with van der Waals surface area (Å²) in [6.07, 6.45) is 1.61. The Morgan fingerprint density at radius 3 is 2.52 bits per heavy atom. The lowest BCUT2D eigenvalue weighted by Gasteiger charge is -2.31. The molecule has 1 aromatic carbocycles. The molecule has 1 aliphatic heterocycles. The van der Waals surface area contributed by atoms with Gasteiger partial charge in [0, 0.05) is 16.4 Å². The van der Waals surface area contributed by atoms with Crippen LogP contribution >= 0.6 is 15.9 Å². The summed E-state index contributed by atoms with van der Waals surface area (Å²) < 4.78 is 0.873. The molecule has 0 unspecified atom stereocenters. The summed E-state index contributed by atoms with van der Waals surface area (Å²) in [7, 11) is 0. The van der Waals surface area contributed by atoms with Crippen LogP contribution in [-0.2, 0) is 9.59 Å².